The van der Waals surface area contributed by atoms with Gasteiger partial charge in [0.15, 0.2) is 0 Å². The van der Waals surface area contributed by atoms with Gasteiger partial charge in [0, 0.05) is 11.8 Å². The maximum atomic E-state index is 5.86. The highest BCUT2D eigenvalue weighted by Crippen LogP contribution is 2.32. The van der Waals surface area contributed by atoms with Crippen LogP contribution in [-0.2, 0) is 5.41 Å². The highest BCUT2D eigenvalue weighted by molar-refractivity contribution is 5.39. The minimum atomic E-state index is 0. The monoisotopic (exact) mass is 347 g/mol. The van der Waals surface area contributed by atoms with E-state index < -0.39 is 0 Å². The molecule has 2 nitrogen and oxygen atoms in total. The predicted octanol–water partition coefficient (Wildman–Crippen LogP) is 1.49. The van der Waals surface area contributed by atoms with Crippen LogP contribution in [0.1, 0.15) is 31.4 Å². The molecule has 0 aliphatic rings. The summed E-state index contributed by atoms with van der Waals surface area (Å²) < 4.78 is 6.84. The first-order valence-corrected chi connectivity index (χ1v) is 8.38. The van der Waals surface area contributed by atoms with Crippen LogP contribution in [0.3, 0.4) is 0 Å². The molecule has 0 unspecified atom stereocenters. The Balaban J connectivity index is 0.00000288. The van der Waals surface area contributed by atoms with Crippen LogP contribution in [0.25, 0.3) is 0 Å². The lowest BCUT2D eigenvalue weighted by Gasteiger charge is -2.26. The van der Waals surface area contributed by atoms with Crippen molar-refractivity contribution in [1.82, 2.24) is 0 Å². The van der Waals surface area contributed by atoms with Crippen LogP contribution in [-0.4, -0.2) is 38.8 Å². The van der Waals surface area contributed by atoms with Gasteiger partial charge >= 0.3 is 0 Å². The summed E-state index contributed by atoms with van der Waals surface area (Å²) in [5.74, 6) is 0.957. The fourth-order valence-corrected chi connectivity index (χ4v) is 2.72. The van der Waals surface area contributed by atoms with E-state index in [0.29, 0.717) is 0 Å². The van der Waals surface area contributed by atoms with Gasteiger partial charge in [0.1, 0.15) is 5.75 Å². The molecular formula is C21H30ClNO. The average molecular weight is 348 g/mol. The van der Waals surface area contributed by atoms with Crippen molar-refractivity contribution in [3.05, 3.63) is 65.7 Å². The van der Waals surface area contributed by atoms with Crippen LogP contribution in [0.2, 0.25) is 0 Å². The van der Waals surface area contributed by atoms with Crippen LogP contribution in [0.4, 0.5) is 0 Å². The molecule has 0 amide bonds. The van der Waals surface area contributed by atoms with E-state index in [9.17, 15) is 0 Å². The number of quaternary nitrogens is 1. The standard InChI is InChI=1S/C21H30NO.ClH/c1-21(2,18-10-7-6-8-11-18)19-12-14-20(15-13-19)23-17-9-16-22(3,4)5;/h6-8,10-15H,9,16-17H2,1-5H3;1H/q+1;/p-1. The zero-order valence-corrected chi connectivity index (χ0v) is 16.3. The lowest BCUT2D eigenvalue weighted by molar-refractivity contribution is -0.870. The summed E-state index contributed by atoms with van der Waals surface area (Å²) in [6, 6.07) is 19.2. The normalized spacial score (nSPS) is 11.7. The average Bonchev–Trinajstić information content (AvgIpc) is 2.52. The van der Waals surface area contributed by atoms with Crippen LogP contribution < -0.4 is 17.1 Å². The van der Waals surface area contributed by atoms with Crippen molar-refractivity contribution in [2.45, 2.75) is 25.7 Å². The maximum absolute atomic E-state index is 5.86. The Morgan fingerprint density at radius 1 is 0.833 bits per heavy atom. The Hall–Kier alpha value is -1.51. The largest absolute Gasteiger partial charge is 1.00 e. The molecule has 0 saturated heterocycles. The van der Waals surface area contributed by atoms with Crippen molar-refractivity contribution in [3.63, 3.8) is 0 Å². The number of hydrogen-bond donors (Lipinski definition) is 0. The summed E-state index contributed by atoms with van der Waals surface area (Å²) in [4.78, 5) is 0. The highest BCUT2D eigenvalue weighted by atomic mass is 35.5. The molecule has 0 spiro atoms. The van der Waals surface area contributed by atoms with E-state index in [4.69, 9.17) is 4.74 Å². The zero-order chi connectivity index (χ0) is 16.9. The van der Waals surface area contributed by atoms with Crippen molar-refractivity contribution in [2.75, 3.05) is 34.3 Å². The Kier molecular flexibility index (Phi) is 7.31. The van der Waals surface area contributed by atoms with Crippen LogP contribution in [0.5, 0.6) is 5.75 Å². The molecule has 0 saturated carbocycles. The number of halogens is 1. The smallest absolute Gasteiger partial charge is 0.119 e. The molecule has 132 valence electrons. The third-order valence-corrected chi connectivity index (χ3v) is 4.31. The van der Waals surface area contributed by atoms with Crippen molar-refractivity contribution >= 4 is 0 Å². The Labute approximate surface area is 153 Å². The summed E-state index contributed by atoms with van der Waals surface area (Å²) in [5.41, 5.74) is 2.64. The Morgan fingerprint density at radius 3 is 1.92 bits per heavy atom. The van der Waals surface area contributed by atoms with Gasteiger partial charge in [-0.1, -0.05) is 56.3 Å². The fraction of sp³-hybridized carbons (Fsp3) is 0.429. The lowest BCUT2D eigenvalue weighted by atomic mass is 9.78. The van der Waals surface area contributed by atoms with Gasteiger partial charge in [-0.15, -0.1) is 0 Å². The first-order chi connectivity index (χ1) is 10.8. The number of hydrogen-bond acceptors (Lipinski definition) is 1. The fourth-order valence-electron chi connectivity index (χ4n) is 2.72. The summed E-state index contributed by atoms with van der Waals surface area (Å²) >= 11 is 0. The van der Waals surface area contributed by atoms with Gasteiger partial charge in [-0.2, -0.15) is 0 Å². The van der Waals surface area contributed by atoms with Gasteiger partial charge in [0.25, 0.3) is 0 Å². The summed E-state index contributed by atoms with van der Waals surface area (Å²) in [7, 11) is 6.63. The minimum absolute atomic E-state index is 0. The van der Waals surface area contributed by atoms with Gasteiger partial charge in [-0.25, -0.2) is 0 Å². The number of ether oxygens (including phenoxy) is 1. The van der Waals surface area contributed by atoms with Gasteiger partial charge < -0.3 is 21.6 Å². The van der Waals surface area contributed by atoms with E-state index in [-0.39, 0.29) is 17.8 Å². The van der Waals surface area contributed by atoms with Gasteiger partial charge in [0.05, 0.1) is 34.3 Å². The van der Waals surface area contributed by atoms with Crippen molar-refractivity contribution in [3.8, 4) is 5.75 Å². The molecule has 0 aromatic heterocycles. The minimum Gasteiger partial charge on any atom is -1.00 e. The van der Waals surface area contributed by atoms with Crippen LogP contribution in [0.15, 0.2) is 54.6 Å². The van der Waals surface area contributed by atoms with Crippen molar-refractivity contribution < 1.29 is 21.6 Å². The van der Waals surface area contributed by atoms with E-state index in [1.165, 1.54) is 11.1 Å². The molecule has 0 aliphatic carbocycles. The first-order valence-electron chi connectivity index (χ1n) is 8.38. The second-order valence-corrected chi connectivity index (χ2v) is 7.73. The van der Waals surface area contributed by atoms with E-state index >= 15 is 0 Å². The Morgan fingerprint density at radius 2 is 1.38 bits per heavy atom. The van der Waals surface area contributed by atoms with E-state index in [2.05, 4.69) is 89.6 Å². The SMILES string of the molecule is CC(C)(c1ccccc1)c1ccc(OCCC[N+](C)(C)C)cc1.[Cl-]. The van der Waals surface area contributed by atoms with Crippen LogP contribution >= 0.6 is 0 Å². The predicted molar refractivity (Wildman–Crippen MR) is 98.0 cm³/mol. The van der Waals surface area contributed by atoms with E-state index in [0.717, 1.165) is 29.8 Å². The molecule has 0 atom stereocenters. The highest BCUT2D eigenvalue weighted by Gasteiger charge is 2.22. The van der Waals surface area contributed by atoms with Crippen molar-refractivity contribution in [1.29, 1.82) is 0 Å². The first kappa shape index (κ1) is 20.5. The third kappa shape index (κ3) is 5.85. The van der Waals surface area contributed by atoms with Gasteiger partial charge in [0.2, 0.25) is 0 Å². The third-order valence-electron chi connectivity index (χ3n) is 4.31. The molecule has 0 N–H and O–H groups in total. The summed E-state index contributed by atoms with van der Waals surface area (Å²) in [5, 5.41) is 0. The molecule has 3 heteroatoms. The molecule has 0 bridgehead atoms. The molecule has 24 heavy (non-hydrogen) atoms. The number of benzene rings is 2. The molecule has 0 radical (unpaired) electrons. The second-order valence-electron chi connectivity index (χ2n) is 7.73. The number of nitrogens with zero attached hydrogens (tertiary/aromatic N) is 1. The number of rotatable bonds is 7. The molecule has 0 fully saturated rings. The van der Waals surface area contributed by atoms with E-state index in [1.807, 2.05) is 0 Å². The topological polar surface area (TPSA) is 9.23 Å². The quantitative estimate of drug-likeness (QED) is 0.545. The van der Waals surface area contributed by atoms with Gasteiger partial charge in [-0.3, -0.25) is 0 Å². The molecule has 0 heterocycles. The second kappa shape index (κ2) is 8.55. The molecule has 0 aliphatic heterocycles. The molecule has 2 rings (SSSR count). The molecule has 2 aromatic carbocycles. The zero-order valence-electron chi connectivity index (χ0n) is 15.6. The summed E-state index contributed by atoms with van der Waals surface area (Å²) in [6.45, 7) is 6.43. The molecular weight excluding hydrogens is 318 g/mol. The lowest BCUT2D eigenvalue weighted by Crippen LogP contribution is -3.00. The summed E-state index contributed by atoms with van der Waals surface area (Å²) in [6.07, 6.45) is 1.07. The molecule has 2 aromatic rings. The van der Waals surface area contributed by atoms with Crippen LogP contribution in [0, 0.1) is 0 Å². The Bertz CT molecular complexity index is 600. The van der Waals surface area contributed by atoms with Crippen molar-refractivity contribution in [2.24, 2.45) is 0 Å². The van der Waals surface area contributed by atoms with Gasteiger partial charge in [-0.05, 0) is 23.3 Å². The van der Waals surface area contributed by atoms with E-state index in [1.54, 1.807) is 0 Å². The maximum Gasteiger partial charge on any atom is 0.119 e.